The zero-order valence-electron chi connectivity index (χ0n) is 23.7. The normalized spacial score (nSPS) is 14.0. The highest BCUT2D eigenvalue weighted by molar-refractivity contribution is 6.38. The van der Waals surface area contributed by atoms with E-state index in [1.54, 1.807) is 26.0 Å². The van der Waals surface area contributed by atoms with Crippen LogP contribution in [0.3, 0.4) is 0 Å². The highest BCUT2D eigenvalue weighted by Gasteiger charge is 2.25. The van der Waals surface area contributed by atoms with Gasteiger partial charge in [-0.3, -0.25) is 20.3 Å². The fraction of sp³-hybridized carbons (Fsp3) is 0.379. The summed E-state index contributed by atoms with van der Waals surface area (Å²) in [4.78, 5) is 23.6. The van der Waals surface area contributed by atoms with Crippen molar-refractivity contribution in [3.63, 3.8) is 0 Å². The van der Waals surface area contributed by atoms with Crippen molar-refractivity contribution in [2.45, 2.75) is 52.6 Å². The number of halogens is 7. The molecule has 0 amide bonds. The monoisotopic (exact) mass is 680 g/mol. The van der Waals surface area contributed by atoms with Gasteiger partial charge >= 0.3 is 5.97 Å². The number of ether oxygens (including phenoxy) is 1. The van der Waals surface area contributed by atoms with Crippen LogP contribution in [-0.4, -0.2) is 35.5 Å². The Morgan fingerprint density at radius 1 is 0.814 bits per heavy atom. The molecule has 0 bridgehead atoms. The number of rotatable bonds is 3. The molecule has 0 saturated carbocycles. The quantitative estimate of drug-likeness (QED) is 0.218. The van der Waals surface area contributed by atoms with E-state index in [0.29, 0.717) is 39.3 Å². The summed E-state index contributed by atoms with van der Waals surface area (Å²) in [5.41, 5.74) is 6.54. The zero-order valence-corrected chi connectivity index (χ0v) is 26.8. The van der Waals surface area contributed by atoms with Crippen molar-refractivity contribution >= 4 is 57.9 Å². The first-order valence-electron chi connectivity index (χ1n) is 13.4. The Balaban J connectivity index is 0.000000199. The van der Waals surface area contributed by atoms with Crippen LogP contribution in [-0.2, 0) is 22.6 Å². The predicted molar refractivity (Wildman–Crippen MR) is 166 cm³/mol. The number of methoxy groups -OCH3 is 1. The van der Waals surface area contributed by atoms with E-state index in [0.717, 1.165) is 38.6 Å². The van der Waals surface area contributed by atoms with E-state index in [1.807, 2.05) is 0 Å². The van der Waals surface area contributed by atoms with Gasteiger partial charge in [0.25, 0.3) is 11.6 Å². The Labute approximate surface area is 267 Å². The van der Waals surface area contributed by atoms with Crippen LogP contribution in [0.5, 0.6) is 0 Å². The van der Waals surface area contributed by atoms with Gasteiger partial charge in [-0.25, -0.2) is 9.48 Å². The summed E-state index contributed by atoms with van der Waals surface area (Å²) >= 11 is 23.7. The lowest BCUT2D eigenvalue weighted by atomic mass is 10.0. The molecule has 0 radical (unpaired) electrons. The first kappa shape index (κ1) is 35.0. The topological polar surface area (TPSA) is 77.3 Å². The molecule has 3 aromatic rings. The number of hydrogen-bond acceptors (Lipinski definition) is 5. The third kappa shape index (κ3) is 8.59. The third-order valence-electron chi connectivity index (χ3n) is 6.75. The molecule has 1 fully saturated rings. The number of hydrogen-bond donors (Lipinski definition) is 2. The second kappa shape index (κ2) is 16.0. The molecular formula is C29H31Cl4F3N4O3. The smallest absolute Gasteiger partial charge is 0.344 e. The second-order valence-electron chi connectivity index (χ2n) is 9.77. The molecule has 1 aromatic heterocycles. The molecule has 2 aliphatic rings. The maximum atomic E-state index is 14.5. The minimum absolute atomic E-state index is 0.0335. The molecule has 2 aromatic carbocycles. The summed E-state index contributed by atoms with van der Waals surface area (Å²) in [6, 6.07) is 5.83. The Kier molecular flexibility index (Phi) is 13.0. The molecule has 0 aliphatic carbocycles. The molecule has 14 heteroatoms. The minimum atomic E-state index is -2.15. The number of carbonyl (C=O) groups excluding carboxylic acids is 1. The average molecular weight is 682 g/mol. The predicted octanol–water partition coefficient (Wildman–Crippen LogP) is 7.82. The second-order valence-corrected chi connectivity index (χ2v) is 11.4. The Hall–Kier alpha value is -2.47. The molecule has 2 aliphatic heterocycles. The molecule has 0 spiro atoms. The van der Waals surface area contributed by atoms with Gasteiger partial charge in [-0.05, 0) is 74.9 Å². The van der Waals surface area contributed by atoms with Crippen molar-refractivity contribution in [3.8, 4) is 11.1 Å². The fourth-order valence-electron chi connectivity index (χ4n) is 4.44. The molecule has 234 valence electrons. The first-order valence-corrected chi connectivity index (χ1v) is 14.9. The van der Waals surface area contributed by atoms with Gasteiger partial charge in [0.15, 0.2) is 0 Å². The number of benzene rings is 2. The number of fused-ring (bicyclic) bond motifs is 1. The van der Waals surface area contributed by atoms with Crippen LogP contribution < -0.4 is 16.4 Å². The number of aromatic nitrogens is 2. The Morgan fingerprint density at radius 2 is 1.35 bits per heavy atom. The van der Waals surface area contributed by atoms with Crippen LogP contribution in [0.25, 0.3) is 16.7 Å². The van der Waals surface area contributed by atoms with Gasteiger partial charge in [-0.1, -0.05) is 46.4 Å². The summed E-state index contributed by atoms with van der Waals surface area (Å²) in [5.74, 6) is -1.66. The van der Waals surface area contributed by atoms with Gasteiger partial charge in [0.2, 0.25) is 5.95 Å². The molecule has 7 nitrogen and oxygen atoms in total. The van der Waals surface area contributed by atoms with Crippen molar-refractivity contribution in [1.82, 2.24) is 20.2 Å². The number of nitrogens with zero attached hydrogens (tertiary/aromatic N) is 2. The molecule has 3 heterocycles. The van der Waals surface area contributed by atoms with Crippen LogP contribution in [0.2, 0.25) is 20.1 Å². The van der Waals surface area contributed by atoms with E-state index in [2.05, 4.69) is 15.6 Å². The molecule has 0 unspecified atom stereocenters. The van der Waals surface area contributed by atoms with Crippen LogP contribution in [0.15, 0.2) is 35.1 Å². The van der Waals surface area contributed by atoms with Crippen LogP contribution in [0, 0.1) is 19.8 Å². The van der Waals surface area contributed by atoms with Gasteiger partial charge in [-0.15, -0.1) is 0 Å². The number of esters is 1. The van der Waals surface area contributed by atoms with E-state index >= 15 is 0 Å². The minimum Gasteiger partial charge on any atom is -0.465 e. The standard InChI is InChI=1S/C14H13Cl2FN2O.C11H8Cl2F2O2.C4H10N2/c1-8-6-9(11(16)7-10(8)15)12-13(17)18-4-2-3-5-19(18)14(12)20;1-5-3-6(8(13)4-7(5)12)9(10(14)15)11(16)17-2;1-2-4-6-5-3-1/h6-7H,2-5H2,1H3;3-4H,1-2H3;5-6H,1-4H2. The summed E-state index contributed by atoms with van der Waals surface area (Å²) in [5, 5.41) is 1.10. The third-order valence-corrected chi connectivity index (χ3v) is 8.19. The molecule has 0 atom stereocenters. The lowest BCUT2D eigenvalue weighted by Crippen LogP contribution is -2.37. The summed E-state index contributed by atoms with van der Waals surface area (Å²) in [6.07, 6.45) is 2.26. The molecule has 1 saturated heterocycles. The van der Waals surface area contributed by atoms with Gasteiger partial charge in [-0.2, -0.15) is 13.2 Å². The fourth-order valence-corrected chi connectivity index (χ4v) is 5.40. The van der Waals surface area contributed by atoms with E-state index in [9.17, 15) is 22.8 Å². The summed E-state index contributed by atoms with van der Waals surface area (Å²) in [6.45, 7) is 6.76. The number of nitrogens with one attached hydrogen (secondary N) is 2. The highest BCUT2D eigenvalue weighted by atomic mass is 35.5. The molecular weight excluding hydrogens is 651 g/mol. The Morgan fingerprint density at radius 3 is 1.84 bits per heavy atom. The van der Waals surface area contributed by atoms with Crippen LogP contribution in [0.1, 0.15) is 42.4 Å². The number of hydrazine groups is 1. The Bertz CT molecular complexity index is 1550. The SMILES string of the molecule is C1CCNNC1.COC(=O)C(=C(F)F)c1cc(C)c(Cl)cc1Cl.Cc1cc(-c2c(F)n3n(c2=O)CCCC3)c(Cl)cc1Cl. The van der Waals surface area contributed by atoms with Crippen LogP contribution >= 0.6 is 46.4 Å². The first-order chi connectivity index (χ1) is 20.4. The van der Waals surface area contributed by atoms with Crippen molar-refractivity contribution < 1.29 is 22.7 Å². The summed E-state index contributed by atoms with van der Waals surface area (Å²) in [7, 11) is 1.02. The number of carbonyl (C=O) groups is 1. The molecule has 2 N–H and O–H groups in total. The van der Waals surface area contributed by atoms with Crippen LogP contribution in [0.4, 0.5) is 13.2 Å². The lowest BCUT2D eigenvalue weighted by Gasteiger charge is -2.16. The van der Waals surface area contributed by atoms with Crippen molar-refractivity contribution in [2.75, 3.05) is 20.2 Å². The van der Waals surface area contributed by atoms with E-state index in [4.69, 9.17) is 46.4 Å². The average Bonchev–Trinajstić information content (AvgIpc) is 3.24. The van der Waals surface area contributed by atoms with Crippen molar-refractivity contribution in [3.05, 3.63) is 83.4 Å². The van der Waals surface area contributed by atoms with E-state index < -0.39 is 23.6 Å². The lowest BCUT2D eigenvalue weighted by molar-refractivity contribution is -0.133. The molecule has 5 rings (SSSR count). The van der Waals surface area contributed by atoms with Crippen molar-refractivity contribution in [1.29, 1.82) is 0 Å². The van der Waals surface area contributed by atoms with Gasteiger partial charge in [0, 0.05) is 47.4 Å². The van der Waals surface area contributed by atoms with E-state index in [-0.39, 0.29) is 21.7 Å². The molecule has 43 heavy (non-hydrogen) atoms. The van der Waals surface area contributed by atoms with Gasteiger partial charge in [0.1, 0.15) is 11.1 Å². The summed E-state index contributed by atoms with van der Waals surface area (Å²) < 4.78 is 47.1. The zero-order chi connectivity index (χ0) is 31.8. The maximum Gasteiger partial charge on any atom is 0.344 e. The number of aryl methyl sites for hydroxylation is 2. The van der Waals surface area contributed by atoms with E-state index in [1.165, 1.54) is 34.3 Å². The van der Waals surface area contributed by atoms with Gasteiger partial charge in [0.05, 0.1) is 17.2 Å². The maximum absolute atomic E-state index is 14.5. The van der Waals surface area contributed by atoms with Gasteiger partial charge < -0.3 is 4.74 Å². The van der Waals surface area contributed by atoms with Crippen molar-refractivity contribution in [2.24, 2.45) is 0 Å². The largest absolute Gasteiger partial charge is 0.465 e. The highest BCUT2D eigenvalue weighted by Crippen LogP contribution is 2.34.